The van der Waals surface area contributed by atoms with Gasteiger partial charge in [0.05, 0.1) is 6.61 Å². The fourth-order valence-corrected chi connectivity index (χ4v) is 5.04. The van der Waals surface area contributed by atoms with Gasteiger partial charge in [0.2, 0.25) is 0 Å². The molecule has 1 heterocycles. The summed E-state index contributed by atoms with van der Waals surface area (Å²) in [5, 5.41) is 0. The molecule has 1 atom stereocenters. The molecule has 0 saturated carbocycles. The first-order valence-corrected chi connectivity index (χ1v) is 15.7. The molecule has 3 rings (SSSR count). The highest BCUT2D eigenvalue weighted by Gasteiger charge is 2.40. The van der Waals surface area contributed by atoms with Crippen LogP contribution in [0.1, 0.15) is 108 Å². The molecule has 42 heavy (non-hydrogen) atoms. The fraction of sp³-hybridized carbons (Fsp3) is 0.543. The number of nitrogens with zero attached hydrogens (tertiary/aromatic N) is 2. The standard InChI is InChI=1S/C35H46F4N2O/c1-3-5-7-9-10-11-12-13-15-27-17-19-28(20-18-27)31-24-40-34(41-25-31)29-21-22-30(32(36)23-29)26-42-33(35(37,38)39)16-14-8-6-4-2/h17-25,33H,3-16,26H2,1-2H3. The molecule has 7 heteroatoms. The molecule has 0 aliphatic heterocycles. The molecule has 3 aromatic rings. The summed E-state index contributed by atoms with van der Waals surface area (Å²) in [6, 6.07) is 12.7. The van der Waals surface area contributed by atoms with Crippen molar-refractivity contribution in [2.45, 2.75) is 123 Å². The van der Waals surface area contributed by atoms with Gasteiger partial charge in [-0.25, -0.2) is 14.4 Å². The summed E-state index contributed by atoms with van der Waals surface area (Å²) in [4.78, 5) is 8.83. The second-order valence-electron chi connectivity index (χ2n) is 11.2. The van der Waals surface area contributed by atoms with Crippen molar-refractivity contribution in [1.29, 1.82) is 0 Å². The molecular formula is C35H46F4N2O. The second kappa shape index (κ2) is 18.0. The predicted molar refractivity (Wildman–Crippen MR) is 163 cm³/mol. The van der Waals surface area contributed by atoms with Crippen molar-refractivity contribution < 1.29 is 22.3 Å². The number of hydrogen-bond acceptors (Lipinski definition) is 3. The highest BCUT2D eigenvalue weighted by molar-refractivity contribution is 5.64. The van der Waals surface area contributed by atoms with E-state index in [1.54, 1.807) is 18.5 Å². The first-order valence-electron chi connectivity index (χ1n) is 15.7. The Balaban J connectivity index is 1.51. The van der Waals surface area contributed by atoms with Gasteiger partial charge in [0, 0.05) is 29.1 Å². The molecule has 0 bridgehead atoms. The molecule has 1 unspecified atom stereocenters. The lowest BCUT2D eigenvalue weighted by molar-refractivity contribution is -0.226. The van der Waals surface area contributed by atoms with E-state index in [2.05, 4.69) is 41.2 Å². The number of alkyl halides is 3. The van der Waals surface area contributed by atoms with Crippen LogP contribution in [0.25, 0.3) is 22.5 Å². The summed E-state index contributed by atoms with van der Waals surface area (Å²) in [5.41, 5.74) is 3.72. The Kier molecular flexibility index (Phi) is 14.4. The van der Waals surface area contributed by atoms with Crippen LogP contribution in [0.3, 0.4) is 0 Å². The average molecular weight is 587 g/mol. The van der Waals surface area contributed by atoms with Crippen molar-refractivity contribution >= 4 is 0 Å². The van der Waals surface area contributed by atoms with E-state index >= 15 is 0 Å². The third-order valence-corrected chi connectivity index (χ3v) is 7.69. The van der Waals surface area contributed by atoms with Gasteiger partial charge in [-0.2, -0.15) is 13.2 Å². The van der Waals surface area contributed by atoms with Gasteiger partial charge in [0.15, 0.2) is 11.9 Å². The van der Waals surface area contributed by atoms with E-state index in [1.807, 2.05) is 6.92 Å². The number of rotatable bonds is 19. The van der Waals surface area contributed by atoms with Gasteiger partial charge in [-0.15, -0.1) is 0 Å². The fourth-order valence-electron chi connectivity index (χ4n) is 5.04. The Morgan fingerprint density at radius 1 is 0.690 bits per heavy atom. The van der Waals surface area contributed by atoms with Crippen LogP contribution in [0, 0.1) is 5.82 Å². The zero-order chi connectivity index (χ0) is 30.2. The molecular weight excluding hydrogens is 540 g/mol. The van der Waals surface area contributed by atoms with Gasteiger partial charge in [0.25, 0.3) is 0 Å². The molecule has 0 aliphatic carbocycles. The minimum atomic E-state index is -4.48. The Labute approximate surface area is 249 Å². The molecule has 3 nitrogen and oxygen atoms in total. The van der Waals surface area contributed by atoms with Gasteiger partial charge in [0.1, 0.15) is 5.82 Å². The first kappa shape index (κ1) is 33.7. The van der Waals surface area contributed by atoms with Gasteiger partial charge >= 0.3 is 6.18 Å². The number of aryl methyl sites for hydroxylation is 1. The SMILES string of the molecule is CCCCCCCCCCc1ccc(-c2cnc(-c3ccc(COC(CCCCCC)C(F)(F)F)c(F)c3)nc2)cc1. The predicted octanol–water partition coefficient (Wildman–Crippen LogP) is 11.1. The van der Waals surface area contributed by atoms with Gasteiger partial charge in [-0.3, -0.25) is 0 Å². The summed E-state index contributed by atoms with van der Waals surface area (Å²) in [7, 11) is 0. The van der Waals surface area contributed by atoms with Crippen molar-refractivity contribution in [2.24, 2.45) is 0 Å². The zero-order valence-electron chi connectivity index (χ0n) is 25.2. The molecule has 0 fully saturated rings. The summed E-state index contributed by atoms with van der Waals surface area (Å²) in [5.74, 6) is -0.292. The van der Waals surface area contributed by atoms with Crippen molar-refractivity contribution in [3.8, 4) is 22.5 Å². The lowest BCUT2D eigenvalue weighted by atomic mass is 10.0. The number of aromatic nitrogens is 2. The van der Waals surface area contributed by atoms with E-state index < -0.39 is 24.7 Å². The topological polar surface area (TPSA) is 35.0 Å². The lowest BCUT2D eigenvalue weighted by Gasteiger charge is -2.21. The minimum absolute atomic E-state index is 0.0743. The molecule has 0 saturated heterocycles. The third-order valence-electron chi connectivity index (χ3n) is 7.69. The molecule has 230 valence electrons. The van der Waals surface area contributed by atoms with Crippen LogP contribution in [0.4, 0.5) is 17.6 Å². The average Bonchev–Trinajstić information content (AvgIpc) is 2.98. The molecule has 0 aliphatic rings. The molecule has 0 spiro atoms. The Bertz CT molecular complexity index is 1160. The lowest BCUT2D eigenvalue weighted by Crippen LogP contribution is -2.31. The molecule has 2 aromatic carbocycles. The highest BCUT2D eigenvalue weighted by atomic mass is 19.4. The summed E-state index contributed by atoms with van der Waals surface area (Å²) in [6.45, 7) is 3.80. The van der Waals surface area contributed by atoms with Crippen molar-refractivity contribution in [1.82, 2.24) is 9.97 Å². The van der Waals surface area contributed by atoms with Crippen LogP contribution in [0.15, 0.2) is 54.9 Å². The molecule has 0 N–H and O–H groups in total. The van der Waals surface area contributed by atoms with E-state index in [0.29, 0.717) is 17.8 Å². The van der Waals surface area contributed by atoms with Gasteiger partial charge in [-0.05, 0) is 36.5 Å². The maximum absolute atomic E-state index is 14.8. The number of hydrogen-bond donors (Lipinski definition) is 0. The summed E-state index contributed by atoms with van der Waals surface area (Å²) < 4.78 is 60.0. The van der Waals surface area contributed by atoms with Gasteiger partial charge < -0.3 is 4.74 Å². The van der Waals surface area contributed by atoms with Gasteiger partial charge in [-0.1, -0.05) is 121 Å². The van der Waals surface area contributed by atoms with E-state index in [4.69, 9.17) is 4.74 Å². The Morgan fingerprint density at radius 3 is 1.86 bits per heavy atom. The molecule has 1 aromatic heterocycles. The van der Waals surface area contributed by atoms with Crippen LogP contribution in [0.2, 0.25) is 0 Å². The maximum atomic E-state index is 14.8. The van der Waals surface area contributed by atoms with Crippen LogP contribution in [-0.2, 0) is 17.8 Å². The number of benzene rings is 2. The minimum Gasteiger partial charge on any atom is -0.364 e. The van der Waals surface area contributed by atoms with E-state index in [1.165, 1.54) is 69.1 Å². The van der Waals surface area contributed by atoms with Crippen LogP contribution in [0.5, 0.6) is 0 Å². The Morgan fingerprint density at radius 2 is 1.26 bits per heavy atom. The number of halogens is 4. The Hall–Kier alpha value is -2.80. The van der Waals surface area contributed by atoms with Crippen molar-refractivity contribution in [2.75, 3.05) is 0 Å². The van der Waals surface area contributed by atoms with E-state index in [0.717, 1.165) is 36.8 Å². The van der Waals surface area contributed by atoms with Crippen molar-refractivity contribution in [3.05, 3.63) is 71.8 Å². The van der Waals surface area contributed by atoms with Crippen LogP contribution < -0.4 is 0 Å². The van der Waals surface area contributed by atoms with E-state index in [-0.39, 0.29) is 12.0 Å². The quantitative estimate of drug-likeness (QED) is 0.104. The molecule has 0 amide bonds. The van der Waals surface area contributed by atoms with Crippen LogP contribution >= 0.6 is 0 Å². The first-order chi connectivity index (χ1) is 20.3. The molecule has 0 radical (unpaired) electrons. The highest BCUT2D eigenvalue weighted by Crippen LogP contribution is 2.29. The number of unbranched alkanes of at least 4 members (excludes halogenated alkanes) is 10. The maximum Gasteiger partial charge on any atom is 0.414 e. The van der Waals surface area contributed by atoms with Crippen LogP contribution in [-0.4, -0.2) is 22.2 Å². The summed E-state index contributed by atoms with van der Waals surface area (Å²) in [6.07, 6.45) is 11.4. The second-order valence-corrected chi connectivity index (χ2v) is 11.2. The number of ether oxygens (including phenoxy) is 1. The third kappa shape index (κ3) is 11.5. The normalized spacial score (nSPS) is 12.5. The monoisotopic (exact) mass is 586 g/mol. The summed E-state index contributed by atoms with van der Waals surface area (Å²) >= 11 is 0. The largest absolute Gasteiger partial charge is 0.414 e. The smallest absolute Gasteiger partial charge is 0.364 e. The zero-order valence-corrected chi connectivity index (χ0v) is 25.2. The van der Waals surface area contributed by atoms with E-state index in [9.17, 15) is 17.6 Å². The van der Waals surface area contributed by atoms with Crippen molar-refractivity contribution in [3.63, 3.8) is 0 Å².